The highest BCUT2D eigenvalue weighted by molar-refractivity contribution is 5.94. The van der Waals surface area contributed by atoms with Gasteiger partial charge in [0.15, 0.2) is 5.92 Å². The highest BCUT2D eigenvalue weighted by Crippen LogP contribution is 2.12. The van der Waals surface area contributed by atoms with Gasteiger partial charge in [0, 0.05) is 0 Å². The summed E-state index contributed by atoms with van der Waals surface area (Å²) in [5.41, 5.74) is 1.68. The van der Waals surface area contributed by atoms with E-state index in [-0.39, 0.29) is 19.6 Å². The van der Waals surface area contributed by atoms with Crippen LogP contribution in [0.1, 0.15) is 17.5 Å². The average Bonchev–Trinajstić information content (AvgIpc) is 2.60. The normalized spacial score (nSPS) is 10.3. The fourth-order valence-electron chi connectivity index (χ4n) is 1.95. The van der Waals surface area contributed by atoms with Gasteiger partial charge in [-0.1, -0.05) is 60.7 Å². The van der Waals surface area contributed by atoms with Gasteiger partial charge >= 0.3 is 11.9 Å². The number of benzene rings is 2. The molecule has 0 atom stereocenters. The lowest BCUT2D eigenvalue weighted by Crippen LogP contribution is -2.27. The second-order valence-electron chi connectivity index (χ2n) is 4.97. The molecule has 0 heterocycles. The van der Waals surface area contributed by atoms with Crippen molar-refractivity contribution in [2.45, 2.75) is 19.6 Å². The van der Waals surface area contributed by atoms with Gasteiger partial charge in [-0.3, -0.25) is 9.59 Å². The molecule has 0 spiro atoms. The van der Waals surface area contributed by atoms with E-state index in [1.165, 1.54) is 0 Å². The Morgan fingerprint density at radius 1 is 0.783 bits per heavy atom. The molecule has 0 unspecified atom stereocenters. The van der Waals surface area contributed by atoms with Crippen molar-refractivity contribution < 1.29 is 19.1 Å². The van der Waals surface area contributed by atoms with Crippen LogP contribution in [0.5, 0.6) is 0 Å². The number of hydrogen-bond acceptors (Lipinski definition) is 4. The second-order valence-corrected chi connectivity index (χ2v) is 4.97. The van der Waals surface area contributed by atoms with Crippen molar-refractivity contribution in [2.75, 3.05) is 0 Å². The van der Waals surface area contributed by atoms with Crippen molar-refractivity contribution in [1.82, 2.24) is 0 Å². The Kier molecular flexibility index (Phi) is 6.36. The Hall–Kier alpha value is -2.62. The fraction of sp³-hybridized carbons (Fsp3) is 0.211. The molecule has 2 aromatic carbocycles. The van der Waals surface area contributed by atoms with Crippen molar-refractivity contribution >= 4 is 11.9 Å². The summed E-state index contributed by atoms with van der Waals surface area (Å²) in [6.45, 7) is 5.71. The van der Waals surface area contributed by atoms with Gasteiger partial charge in [-0.2, -0.15) is 0 Å². The van der Waals surface area contributed by atoms with Crippen LogP contribution in [0.4, 0.5) is 0 Å². The minimum Gasteiger partial charge on any atom is -0.460 e. The maximum atomic E-state index is 12.0. The van der Waals surface area contributed by atoms with E-state index in [9.17, 15) is 9.59 Å². The van der Waals surface area contributed by atoms with E-state index in [2.05, 4.69) is 0 Å². The minimum absolute atomic E-state index is 0.0993. The van der Waals surface area contributed by atoms with Gasteiger partial charge in [-0.05, 0) is 24.5 Å². The first-order valence-electron chi connectivity index (χ1n) is 7.32. The molecule has 0 fully saturated rings. The van der Waals surface area contributed by atoms with E-state index in [1.54, 1.807) is 0 Å². The molecule has 0 aliphatic carbocycles. The van der Waals surface area contributed by atoms with Crippen LogP contribution in [0.2, 0.25) is 0 Å². The van der Waals surface area contributed by atoms with E-state index < -0.39 is 17.9 Å². The molecule has 0 aliphatic rings. The average molecular weight is 310 g/mol. The van der Waals surface area contributed by atoms with Gasteiger partial charge < -0.3 is 9.47 Å². The molecule has 0 aliphatic heterocycles. The molecule has 2 radical (unpaired) electrons. The Morgan fingerprint density at radius 2 is 1.17 bits per heavy atom. The van der Waals surface area contributed by atoms with Crippen LogP contribution < -0.4 is 0 Å². The maximum Gasteiger partial charge on any atom is 0.320 e. The highest BCUT2D eigenvalue weighted by Gasteiger charge is 2.28. The van der Waals surface area contributed by atoms with E-state index >= 15 is 0 Å². The molecule has 4 heteroatoms. The summed E-state index contributed by atoms with van der Waals surface area (Å²) in [6.07, 6.45) is -0.152. The smallest absolute Gasteiger partial charge is 0.320 e. The molecule has 0 bridgehead atoms. The zero-order chi connectivity index (χ0) is 16.5. The van der Waals surface area contributed by atoms with Crippen molar-refractivity contribution in [1.29, 1.82) is 0 Å². The third-order valence-corrected chi connectivity index (χ3v) is 3.25. The molecule has 0 amide bonds. The molecular formula is C19H18O4. The van der Waals surface area contributed by atoms with Crippen LogP contribution in [0.15, 0.2) is 60.7 Å². The number of esters is 2. The van der Waals surface area contributed by atoms with Crippen molar-refractivity contribution in [3.8, 4) is 0 Å². The van der Waals surface area contributed by atoms with Crippen LogP contribution in [-0.4, -0.2) is 11.9 Å². The highest BCUT2D eigenvalue weighted by atomic mass is 16.6. The first kappa shape index (κ1) is 16.7. The first-order chi connectivity index (χ1) is 11.2. The number of ether oxygens (including phenoxy) is 2. The summed E-state index contributed by atoms with van der Waals surface area (Å²) in [7, 11) is 0. The quantitative estimate of drug-likeness (QED) is 0.582. The van der Waals surface area contributed by atoms with Gasteiger partial charge in [0.2, 0.25) is 0 Å². The number of rotatable bonds is 7. The van der Waals surface area contributed by atoms with Crippen LogP contribution in [-0.2, 0) is 32.3 Å². The van der Waals surface area contributed by atoms with Gasteiger partial charge in [-0.25, -0.2) is 0 Å². The van der Waals surface area contributed by atoms with Crippen molar-refractivity contribution in [3.63, 3.8) is 0 Å². The molecular weight excluding hydrogens is 292 g/mol. The van der Waals surface area contributed by atoms with Gasteiger partial charge in [0.1, 0.15) is 13.2 Å². The second kappa shape index (κ2) is 8.73. The topological polar surface area (TPSA) is 52.6 Å². The van der Waals surface area contributed by atoms with Gasteiger partial charge in [0.05, 0.1) is 0 Å². The minimum atomic E-state index is -1.11. The number of carbonyl (C=O) groups excluding carboxylic acids is 2. The Labute approximate surface area is 136 Å². The summed E-state index contributed by atoms with van der Waals surface area (Å²) < 4.78 is 10.3. The Bertz CT molecular complexity index is 567. The van der Waals surface area contributed by atoms with Gasteiger partial charge in [0.25, 0.3) is 0 Å². The molecule has 2 rings (SSSR count). The van der Waals surface area contributed by atoms with E-state index in [0.717, 1.165) is 11.1 Å². The number of carbonyl (C=O) groups is 2. The molecule has 2 aromatic rings. The number of hydrogen-bond donors (Lipinski definition) is 0. The van der Waals surface area contributed by atoms with Crippen LogP contribution in [0.3, 0.4) is 0 Å². The molecule has 4 nitrogen and oxygen atoms in total. The standard InChI is InChI=1S/C19H18O4/c1-2-17(18(20)22-13-15-9-5-3-6-10-15)19(21)23-14-16-11-7-4-8-12-16/h1,3-12,17H,2,13-14H2. The van der Waals surface area contributed by atoms with E-state index in [4.69, 9.17) is 16.4 Å². The lowest BCUT2D eigenvalue weighted by Gasteiger charge is -2.13. The van der Waals surface area contributed by atoms with Crippen molar-refractivity contribution in [2.24, 2.45) is 5.92 Å². The maximum absolute atomic E-state index is 12.0. The molecule has 118 valence electrons. The van der Waals surface area contributed by atoms with E-state index in [0.29, 0.717) is 0 Å². The predicted molar refractivity (Wildman–Crippen MR) is 84.9 cm³/mol. The molecule has 23 heavy (non-hydrogen) atoms. The summed E-state index contributed by atoms with van der Waals surface area (Å²) in [4.78, 5) is 24.0. The van der Waals surface area contributed by atoms with Crippen LogP contribution in [0, 0.1) is 12.8 Å². The summed E-state index contributed by atoms with van der Waals surface area (Å²) in [5.74, 6) is -2.45. The molecule has 0 saturated carbocycles. The largest absolute Gasteiger partial charge is 0.460 e. The molecule has 0 N–H and O–H groups in total. The summed E-state index contributed by atoms with van der Waals surface area (Å²) >= 11 is 0. The van der Waals surface area contributed by atoms with E-state index in [1.807, 2.05) is 60.7 Å². The monoisotopic (exact) mass is 310 g/mol. The third-order valence-electron chi connectivity index (χ3n) is 3.25. The lowest BCUT2D eigenvalue weighted by atomic mass is 10.1. The zero-order valence-electron chi connectivity index (χ0n) is 12.7. The Morgan fingerprint density at radius 3 is 1.52 bits per heavy atom. The molecule has 0 saturated heterocycles. The Balaban J connectivity index is 1.85. The summed E-state index contributed by atoms with van der Waals surface area (Å²) in [6, 6.07) is 18.4. The van der Waals surface area contributed by atoms with Crippen LogP contribution >= 0.6 is 0 Å². The fourth-order valence-corrected chi connectivity index (χ4v) is 1.95. The lowest BCUT2D eigenvalue weighted by molar-refractivity contribution is -0.163. The molecule has 0 aromatic heterocycles. The third kappa shape index (κ3) is 5.25. The van der Waals surface area contributed by atoms with Crippen LogP contribution in [0.25, 0.3) is 0 Å². The van der Waals surface area contributed by atoms with Crippen molar-refractivity contribution in [3.05, 3.63) is 78.7 Å². The first-order valence-corrected chi connectivity index (χ1v) is 7.32. The van der Waals surface area contributed by atoms with Gasteiger partial charge in [-0.15, -0.1) is 0 Å². The summed E-state index contributed by atoms with van der Waals surface area (Å²) in [5, 5.41) is 0. The zero-order valence-corrected chi connectivity index (χ0v) is 12.7. The predicted octanol–water partition coefficient (Wildman–Crippen LogP) is 3.19. The SMILES string of the molecule is [CH]CC(C(=O)OCc1ccccc1)C(=O)OCc1ccccc1.